The minimum absolute atomic E-state index is 0.00134. The number of hydrogen-bond acceptors (Lipinski definition) is 3. The standard InChI is InChI=1S/C15H24N2O2/c1-5-11(3)17-15(18)9-19-14-7-6-13(12(4)16)8-10(14)2/h6-8,11-12H,5,9,16H2,1-4H3,(H,17,18)/t11?,12-/m0/s1. The van der Waals surface area contributed by atoms with E-state index in [2.05, 4.69) is 5.32 Å². The van der Waals surface area contributed by atoms with E-state index in [1.165, 1.54) is 0 Å². The first-order valence-corrected chi connectivity index (χ1v) is 6.72. The summed E-state index contributed by atoms with van der Waals surface area (Å²) in [5.74, 6) is 0.633. The predicted molar refractivity (Wildman–Crippen MR) is 77.2 cm³/mol. The number of rotatable bonds is 6. The maximum absolute atomic E-state index is 11.6. The highest BCUT2D eigenvalue weighted by molar-refractivity contribution is 5.77. The monoisotopic (exact) mass is 264 g/mol. The van der Waals surface area contributed by atoms with Crippen LogP contribution in [0.5, 0.6) is 5.75 Å². The number of nitrogens with one attached hydrogen (secondary N) is 1. The van der Waals surface area contributed by atoms with Crippen molar-refractivity contribution in [3.63, 3.8) is 0 Å². The summed E-state index contributed by atoms with van der Waals surface area (Å²) in [5, 5.41) is 2.86. The fraction of sp³-hybridized carbons (Fsp3) is 0.533. The average Bonchev–Trinajstić information content (AvgIpc) is 2.36. The number of hydrogen-bond donors (Lipinski definition) is 2. The third kappa shape index (κ3) is 4.91. The Morgan fingerprint density at radius 1 is 1.42 bits per heavy atom. The Morgan fingerprint density at radius 3 is 2.63 bits per heavy atom. The molecule has 0 bridgehead atoms. The van der Waals surface area contributed by atoms with Crippen LogP contribution in [0.25, 0.3) is 0 Å². The second kappa shape index (κ2) is 7.14. The fourth-order valence-electron chi connectivity index (χ4n) is 1.68. The van der Waals surface area contributed by atoms with Gasteiger partial charge in [0.15, 0.2) is 6.61 Å². The summed E-state index contributed by atoms with van der Waals surface area (Å²) >= 11 is 0. The molecule has 1 amide bonds. The van der Waals surface area contributed by atoms with Gasteiger partial charge < -0.3 is 15.8 Å². The SMILES string of the molecule is CCC(C)NC(=O)COc1ccc([C@H](C)N)cc1C. The maximum Gasteiger partial charge on any atom is 0.258 e. The van der Waals surface area contributed by atoms with Crippen LogP contribution in [0.4, 0.5) is 0 Å². The largest absolute Gasteiger partial charge is 0.484 e. The average molecular weight is 264 g/mol. The van der Waals surface area contributed by atoms with Gasteiger partial charge in [0, 0.05) is 12.1 Å². The summed E-state index contributed by atoms with van der Waals surface area (Å²) in [7, 11) is 0. The van der Waals surface area contributed by atoms with Crippen molar-refractivity contribution in [1.82, 2.24) is 5.32 Å². The van der Waals surface area contributed by atoms with Crippen LogP contribution in [0.2, 0.25) is 0 Å². The Kier molecular flexibility index (Phi) is 5.83. The molecule has 4 heteroatoms. The zero-order chi connectivity index (χ0) is 14.4. The number of ether oxygens (including phenoxy) is 1. The van der Waals surface area contributed by atoms with Gasteiger partial charge in [0.2, 0.25) is 0 Å². The molecular formula is C15H24N2O2. The van der Waals surface area contributed by atoms with Gasteiger partial charge in [-0.1, -0.05) is 19.1 Å². The van der Waals surface area contributed by atoms with Crippen LogP contribution >= 0.6 is 0 Å². The molecule has 1 rings (SSSR count). The smallest absolute Gasteiger partial charge is 0.258 e. The number of carbonyl (C=O) groups is 1. The Morgan fingerprint density at radius 2 is 2.11 bits per heavy atom. The minimum Gasteiger partial charge on any atom is -0.484 e. The molecule has 1 aromatic carbocycles. The molecule has 0 heterocycles. The minimum atomic E-state index is -0.0926. The van der Waals surface area contributed by atoms with Gasteiger partial charge >= 0.3 is 0 Å². The van der Waals surface area contributed by atoms with Crippen LogP contribution in [0.15, 0.2) is 18.2 Å². The molecule has 2 atom stereocenters. The summed E-state index contributed by atoms with van der Waals surface area (Å²) in [4.78, 5) is 11.6. The molecule has 4 nitrogen and oxygen atoms in total. The third-order valence-corrected chi connectivity index (χ3v) is 3.10. The lowest BCUT2D eigenvalue weighted by molar-refractivity contribution is -0.123. The van der Waals surface area contributed by atoms with Gasteiger partial charge in [0.25, 0.3) is 5.91 Å². The van der Waals surface area contributed by atoms with E-state index in [0.29, 0.717) is 0 Å². The molecule has 0 aromatic heterocycles. The van der Waals surface area contributed by atoms with E-state index in [-0.39, 0.29) is 24.6 Å². The Balaban J connectivity index is 2.56. The van der Waals surface area contributed by atoms with E-state index in [4.69, 9.17) is 10.5 Å². The van der Waals surface area contributed by atoms with Crippen LogP contribution in [-0.4, -0.2) is 18.6 Å². The topological polar surface area (TPSA) is 64.3 Å². The summed E-state index contributed by atoms with van der Waals surface area (Å²) < 4.78 is 5.53. The lowest BCUT2D eigenvalue weighted by Crippen LogP contribution is -2.35. The van der Waals surface area contributed by atoms with Crippen molar-refractivity contribution in [2.75, 3.05) is 6.61 Å². The lowest BCUT2D eigenvalue weighted by Gasteiger charge is -2.14. The molecule has 0 saturated carbocycles. The molecule has 106 valence electrons. The van der Waals surface area contributed by atoms with E-state index in [1.54, 1.807) is 0 Å². The van der Waals surface area contributed by atoms with Gasteiger partial charge in [-0.15, -0.1) is 0 Å². The highest BCUT2D eigenvalue weighted by Gasteiger charge is 2.08. The van der Waals surface area contributed by atoms with Crippen molar-refractivity contribution >= 4 is 5.91 Å². The molecule has 3 N–H and O–H groups in total. The summed E-state index contributed by atoms with van der Waals surface area (Å²) in [6.07, 6.45) is 0.911. The van der Waals surface area contributed by atoms with Gasteiger partial charge in [0.05, 0.1) is 0 Å². The summed E-state index contributed by atoms with van der Waals surface area (Å²) in [6, 6.07) is 5.97. The van der Waals surface area contributed by atoms with Gasteiger partial charge in [-0.3, -0.25) is 4.79 Å². The van der Waals surface area contributed by atoms with Crippen LogP contribution in [0, 0.1) is 6.92 Å². The number of aryl methyl sites for hydroxylation is 1. The van der Waals surface area contributed by atoms with Gasteiger partial charge in [-0.2, -0.15) is 0 Å². The molecule has 0 radical (unpaired) electrons. The van der Waals surface area contributed by atoms with Crippen molar-refractivity contribution in [2.45, 2.75) is 46.2 Å². The highest BCUT2D eigenvalue weighted by Crippen LogP contribution is 2.21. The third-order valence-electron chi connectivity index (χ3n) is 3.10. The van der Waals surface area contributed by atoms with Crippen LogP contribution in [-0.2, 0) is 4.79 Å². The molecule has 19 heavy (non-hydrogen) atoms. The fourth-order valence-corrected chi connectivity index (χ4v) is 1.68. The van der Waals surface area contributed by atoms with Crippen molar-refractivity contribution in [3.8, 4) is 5.75 Å². The Hall–Kier alpha value is -1.55. The van der Waals surface area contributed by atoms with E-state index >= 15 is 0 Å². The normalized spacial score (nSPS) is 13.7. The molecule has 1 aromatic rings. The van der Waals surface area contributed by atoms with Crippen molar-refractivity contribution in [2.24, 2.45) is 5.73 Å². The van der Waals surface area contributed by atoms with E-state index in [1.807, 2.05) is 45.9 Å². The van der Waals surface area contributed by atoms with Crippen molar-refractivity contribution in [1.29, 1.82) is 0 Å². The zero-order valence-corrected chi connectivity index (χ0v) is 12.2. The molecule has 0 fully saturated rings. The Labute approximate surface area is 115 Å². The van der Waals surface area contributed by atoms with Crippen LogP contribution < -0.4 is 15.8 Å². The second-order valence-electron chi connectivity index (χ2n) is 4.98. The Bertz CT molecular complexity index is 430. The summed E-state index contributed by atoms with van der Waals surface area (Å²) in [6.45, 7) is 7.94. The van der Waals surface area contributed by atoms with E-state index in [0.717, 1.165) is 23.3 Å². The van der Waals surface area contributed by atoms with Crippen molar-refractivity contribution < 1.29 is 9.53 Å². The highest BCUT2D eigenvalue weighted by atomic mass is 16.5. The maximum atomic E-state index is 11.6. The molecule has 0 spiro atoms. The molecular weight excluding hydrogens is 240 g/mol. The molecule has 0 aliphatic carbocycles. The van der Waals surface area contributed by atoms with Crippen molar-refractivity contribution in [3.05, 3.63) is 29.3 Å². The van der Waals surface area contributed by atoms with Gasteiger partial charge in [-0.05, 0) is 44.4 Å². The number of benzene rings is 1. The lowest BCUT2D eigenvalue weighted by atomic mass is 10.1. The first kappa shape index (κ1) is 15.5. The molecule has 0 aliphatic heterocycles. The second-order valence-corrected chi connectivity index (χ2v) is 4.98. The predicted octanol–water partition coefficient (Wildman–Crippen LogP) is 2.31. The quantitative estimate of drug-likeness (QED) is 0.828. The van der Waals surface area contributed by atoms with Crippen LogP contribution in [0.3, 0.4) is 0 Å². The first-order valence-electron chi connectivity index (χ1n) is 6.72. The van der Waals surface area contributed by atoms with E-state index < -0.39 is 0 Å². The molecule has 1 unspecified atom stereocenters. The molecule has 0 saturated heterocycles. The molecule has 0 aliphatic rings. The number of carbonyl (C=O) groups excluding carboxylic acids is 1. The number of amides is 1. The van der Waals surface area contributed by atoms with Gasteiger partial charge in [0.1, 0.15) is 5.75 Å². The first-order chi connectivity index (χ1) is 8.93. The number of nitrogens with two attached hydrogens (primary N) is 1. The van der Waals surface area contributed by atoms with Crippen LogP contribution in [0.1, 0.15) is 44.4 Å². The zero-order valence-electron chi connectivity index (χ0n) is 12.2. The van der Waals surface area contributed by atoms with E-state index in [9.17, 15) is 4.79 Å². The summed E-state index contributed by atoms with van der Waals surface area (Å²) in [5.41, 5.74) is 7.88. The van der Waals surface area contributed by atoms with Gasteiger partial charge in [-0.25, -0.2) is 0 Å².